The first-order valence-electron chi connectivity index (χ1n) is 6.21. The third-order valence-corrected chi connectivity index (χ3v) is 3.92. The van der Waals surface area contributed by atoms with Gasteiger partial charge in [0.1, 0.15) is 16.5 Å². The van der Waals surface area contributed by atoms with Crippen molar-refractivity contribution in [2.45, 2.75) is 0 Å². The number of aromatic nitrogens is 5. The van der Waals surface area contributed by atoms with Crippen LogP contribution in [0.15, 0.2) is 48.7 Å². The highest BCUT2D eigenvalue weighted by Gasteiger charge is 2.14. The molecule has 0 unspecified atom stereocenters. The van der Waals surface area contributed by atoms with E-state index in [1.807, 2.05) is 18.2 Å². The Morgan fingerprint density at radius 1 is 1.00 bits per heavy atom. The fourth-order valence-electron chi connectivity index (χ4n) is 1.98. The van der Waals surface area contributed by atoms with Gasteiger partial charge in [-0.15, -0.1) is 10.2 Å². The maximum Gasteiger partial charge on any atom is 0.235 e. The average Bonchev–Trinajstić information content (AvgIpc) is 3.09. The van der Waals surface area contributed by atoms with E-state index in [4.69, 9.17) is 0 Å². The second kappa shape index (κ2) is 4.71. The van der Waals surface area contributed by atoms with Crippen molar-refractivity contribution in [3.63, 3.8) is 0 Å². The van der Waals surface area contributed by atoms with Crippen LogP contribution in [-0.4, -0.2) is 24.8 Å². The second-order valence-corrected chi connectivity index (χ2v) is 5.30. The molecule has 4 rings (SSSR count). The van der Waals surface area contributed by atoms with Crippen LogP contribution in [0.25, 0.3) is 27.1 Å². The van der Waals surface area contributed by atoms with Crippen molar-refractivity contribution in [1.29, 1.82) is 0 Å². The minimum absolute atomic E-state index is 0.268. The molecular formula is C14H8FN5S. The van der Waals surface area contributed by atoms with Crippen molar-refractivity contribution in [3.8, 4) is 22.1 Å². The molecule has 0 amide bonds. The van der Waals surface area contributed by atoms with Gasteiger partial charge in [-0.05, 0) is 36.4 Å². The molecule has 102 valence electrons. The van der Waals surface area contributed by atoms with E-state index in [1.165, 1.54) is 23.5 Å². The number of rotatable bonds is 2. The third-order valence-electron chi connectivity index (χ3n) is 2.98. The number of hydrogen-bond donors (Lipinski definition) is 0. The van der Waals surface area contributed by atoms with Gasteiger partial charge in [-0.2, -0.15) is 9.61 Å². The van der Waals surface area contributed by atoms with Crippen LogP contribution in [-0.2, 0) is 0 Å². The van der Waals surface area contributed by atoms with Crippen LogP contribution in [0.3, 0.4) is 0 Å². The lowest BCUT2D eigenvalue weighted by Crippen LogP contribution is -1.92. The van der Waals surface area contributed by atoms with Crippen LogP contribution < -0.4 is 0 Å². The van der Waals surface area contributed by atoms with Gasteiger partial charge in [0.15, 0.2) is 0 Å². The fourth-order valence-corrected chi connectivity index (χ4v) is 2.83. The zero-order valence-electron chi connectivity index (χ0n) is 10.6. The molecule has 0 N–H and O–H groups in total. The van der Waals surface area contributed by atoms with E-state index in [0.29, 0.717) is 16.5 Å². The van der Waals surface area contributed by atoms with E-state index in [1.54, 1.807) is 22.8 Å². The number of halogens is 1. The standard InChI is InChI=1S/C14H8FN5S/c15-10-6-4-9(5-7-10)13-19-20-12(17-18-14(20)21-13)11-3-1-2-8-16-11/h1-8H. The monoisotopic (exact) mass is 297 g/mol. The molecule has 1 aromatic carbocycles. The second-order valence-electron chi connectivity index (χ2n) is 4.35. The predicted octanol–water partition coefficient (Wildman–Crippen LogP) is 3.05. The summed E-state index contributed by atoms with van der Waals surface area (Å²) in [5, 5.41) is 13.5. The SMILES string of the molecule is Fc1ccc(-c2nn3c(-c4ccccn4)nnc3s2)cc1. The summed E-state index contributed by atoms with van der Waals surface area (Å²) in [6.07, 6.45) is 1.70. The Bertz CT molecular complexity index is 898. The molecule has 0 aliphatic heterocycles. The van der Waals surface area contributed by atoms with E-state index in [9.17, 15) is 4.39 Å². The number of hydrogen-bond acceptors (Lipinski definition) is 5. The van der Waals surface area contributed by atoms with Crippen molar-refractivity contribution in [2.75, 3.05) is 0 Å². The first kappa shape index (κ1) is 12.1. The predicted molar refractivity (Wildman–Crippen MR) is 77.3 cm³/mol. The topological polar surface area (TPSA) is 56.0 Å². The highest BCUT2D eigenvalue weighted by molar-refractivity contribution is 7.19. The summed E-state index contributed by atoms with van der Waals surface area (Å²) in [6.45, 7) is 0. The van der Waals surface area contributed by atoms with Crippen LogP contribution in [0.5, 0.6) is 0 Å². The zero-order chi connectivity index (χ0) is 14.2. The van der Waals surface area contributed by atoms with Gasteiger partial charge in [-0.1, -0.05) is 17.4 Å². The lowest BCUT2D eigenvalue weighted by Gasteiger charge is -1.96. The van der Waals surface area contributed by atoms with Crippen LogP contribution in [0.4, 0.5) is 4.39 Å². The Kier molecular flexibility index (Phi) is 2.71. The lowest BCUT2D eigenvalue weighted by atomic mass is 10.2. The Labute approximate surface area is 122 Å². The summed E-state index contributed by atoms with van der Waals surface area (Å²) in [4.78, 5) is 4.93. The van der Waals surface area contributed by atoms with E-state index < -0.39 is 0 Å². The summed E-state index contributed by atoms with van der Waals surface area (Å²) in [6, 6.07) is 11.8. The van der Waals surface area contributed by atoms with Crippen molar-refractivity contribution in [2.24, 2.45) is 0 Å². The van der Waals surface area contributed by atoms with E-state index in [0.717, 1.165) is 10.6 Å². The Morgan fingerprint density at radius 2 is 1.86 bits per heavy atom. The molecule has 0 bridgehead atoms. The van der Waals surface area contributed by atoms with Gasteiger partial charge in [0.05, 0.1) is 0 Å². The molecule has 0 atom stereocenters. The number of fused-ring (bicyclic) bond motifs is 1. The van der Waals surface area contributed by atoms with Crippen molar-refractivity contribution >= 4 is 16.3 Å². The van der Waals surface area contributed by atoms with Gasteiger partial charge in [0.25, 0.3) is 0 Å². The molecule has 21 heavy (non-hydrogen) atoms. The molecule has 0 radical (unpaired) electrons. The molecule has 7 heteroatoms. The minimum Gasteiger partial charge on any atom is -0.253 e. The van der Waals surface area contributed by atoms with Crippen LogP contribution >= 0.6 is 11.3 Å². The summed E-state index contributed by atoms with van der Waals surface area (Å²) < 4.78 is 14.6. The highest BCUT2D eigenvalue weighted by Crippen LogP contribution is 2.27. The fraction of sp³-hybridized carbons (Fsp3) is 0. The summed E-state index contributed by atoms with van der Waals surface area (Å²) in [5.74, 6) is 0.325. The van der Waals surface area contributed by atoms with Crippen LogP contribution in [0, 0.1) is 5.82 Å². The maximum absolute atomic E-state index is 13.0. The molecule has 0 aliphatic carbocycles. The molecule has 0 saturated carbocycles. The van der Waals surface area contributed by atoms with E-state index in [2.05, 4.69) is 20.3 Å². The summed E-state index contributed by atoms with van der Waals surface area (Å²) in [7, 11) is 0. The van der Waals surface area contributed by atoms with E-state index in [-0.39, 0.29) is 5.82 Å². The maximum atomic E-state index is 13.0. The lowest BCUT2D eigenvalue weighted by molar-refractivity contribution is 0.628. The smallest absolute Gasteiger partial charge is 0.235 e. The highest BCUT2D eigenvalue weighted by atomic mass is 32.1. The molecule has 4 aromatic rings. The minimum atomic E-state index is -0.268. The normalized spacial score (nSPS) is 11.1. The first-order chi connectivity index (χ1) is 10.3. The van der Waals surface area contributed by atoms with Gasteiger partial charge in [-0.25, -0.2) is 4.39 Å². The van der Waals surface area contributed by atoms with Gasteiger partial charge >= 0.3 is 0 Å². The van der Waals surface area contributed by atoms with Gasteiger partial charge in [0.2, 0.25) is 10.8 Å². The van der Waals surface area contributed by atoms with Crippen LogP contribution in [0.2, 0.25) is 0 Å². The van der Waals surface area contributed by atoms with Gasteiger partial charge < -0.3 is 0 Å². The zero-order valence-corrected chi connectivity index (χ0v) is 11.5. The summed E-state index contributed by atoms with van der Waals surface area (Å²) in [5.41, 5.74) is 1.56. The molecule has 0 fully saturated rings. The third kappa shape index (κ3) is 2.07. The average molecular weight is 297 g/mol. The van der Waals surface area contributed by atoms with Gasteiger partial charge in [0, 0.05) is 11.8 Å². The molecule has 3 heterocycles. The molecule has 0 spiro atoms. The van der Waals surface area contributed by atoms with Crippen molar-refractivity contribution in [1.82, 2.24) is 24.8 Å². The van der Waals surface area contributed by atoms with Crippen molar-refractivity contribution in [3.05, 3.63) is 54.5 Å². The molecular weight excluding hydrogens is 289 g/mol. The Morgan fingerprint density at radius 3 is 2.62 bits per heavy atom. The van der Waals surface area contributed by atoms with Crippen LogP contribution in [0.1, 0.15) is 0 Å². The number of benzene rings is 1. The van der Waals surface area contributed by atoms with E-state index >= 15 is 0 Å². The molecule has 0 saturated heterocycles. The number of nitrogens with zero attached hydrogens (tertiary/aromatic N) is 5. The van der Waals surface area contributed by atoms with Gasteiger partial charge in [-0.3, -0.25) is 4.98 Å². The number of pyridine rings is 1. The quantitative estimate of drug-likeness (QED) is 0.570. The Balaban J connectivity index is 1.84. The largest absolute Gasteiger partial charge is 0.253 e. The molecule has 3 aromatic heterocycles. The van der Waals surface area contributed by atoms with Crippen molar-refractivity contribution < 1.29 is 4.39 Å². The summed E-state index contributed by atoms with van der Waals surface area (Å²) >= 11 is 1.40. The molecule has 5 nitrogen and oxygen atoms in total. The Hall–Kier alpha value is -2.67. The first-order valence-corrected chi connectivity index (χ1v) is 7.02. The molecule has 0 aliphatic rings.